The molecule has 1 heterocycles. The van der Waals surface area contributed by atoms with Crippen LogP contribution in [0.4, 0.5) is 5.69 Å². The van der Waals surface area contributed by atoms with Crippen LogP contribution in [0.25, 0.3) is 0 Å². The van der Waals surface area contributed by atoms with Crippen LogP contribution in [0.3, 0.4) is 0 Å². The van der Waals surface area contributed by atoms with Crippen LogP contribution < -0.4 is 10.6 Å². The van der Waals surface area contributed by atoms with Crippen LogP contribution in [-0.2, 0) is 4.74 Å². The third-order valence-corrected chi connectivity index (χ3v) is 6.06. The SMILES string of the molecule is CNc1ccccc1.Cc1cc(C=O)ccc1C1CCC(NC2CCOCC2)C1. The lowest BCUT2D eigenvalue weighted by molar-refractivity contribution is 0.0750. The molecule has 2 N–H and O–H groups in total. The van der Waals surface area contributed by atoms with Crippen molar-refractivity contribution in [3.63, 3.8) is 0 Å². The third-order valence-electron chi connectivity index (χ3n) is 6.06. The maximum Gasteiger partial charge on any atom is 0.150 e. The Labute approximate surface area is 175 Å². The molecule has 2 aromatic carbocycles. The highest BCUT2D eigenvalue weighted by Crippen LogP contribution is 2.36. The predicted molar refractivity (Wildman–Crippen MR) is 120 cm³/mol. The van der Waals surface area contributed by atoms with E-state index in [0.717, 1.165) is 43.6 Å². The average molecular weight is 395 g/mol. The monoisotopic (exact) mass is 394 g/mol. The molecule has 2 aliphatic rings. The highest BCUT2D eigenvalue weighted by Gasteiger charge is 2.28. The molecular weight excluding hydrogens is 360 g/mol. The van der Waals surface area contributed by atoms with Crippen LogP contribution in [0.2, 0.25) is 0 Å². The van der Waals surface area contributed by atoms with Crippen molar-refractivity contribution < 1.29 is 9.53 Å². The average Bonchev–Trinajstić information content (AvgIpc) is 3.23. The molecule has 2 fully saturated rings. The van der Waals surface area contributed by atoms with Crippen LogP contribution in [0.5, 0.6) is 0 Å². The second kappa shape index (κ2) is 11.1. The summed E-state index contributed by atoms with van der Waals surface area (Å²) in [6.07, 6.45) is 6.96. The van der Waals surface area contributed by atoms with Crippen LogP contribution in [0, 0.1) is 6.92 Å². The van der Waals surface area contributed by atoms with Crippen molar-refractivity contribution in [3.05, 3.63) is 65.2 Å². The molecule has 4 heteroatoms. The minimum atomic E-state index is 0.640. The lowest BCUT2D eigenvalue weighted by Crippen LogP contribution is -2.40. The number of ether oxygens (including phenoxy) is 1. The Morgan fingerprint density at radius 2 is 1.72 bits per heavy atom. The van der Waals surface area contributed by atoms with E-state index >= 15 is 0 Å². The van der Waals surface area contributed by atoms with E-state index in [2.05, 4.69) is 23.6 Å². The Morgan fingerprint density at radius 1 is 0.966 bits per heavy atom. The van der Waals surface area contributed by atoms with E-state index in [4.69, 9.17) is 4.74 Å². The summed E-state index contributed by atoms with van der Waals surface area (Å²) in [6.45, 7) is 3.93. The summed E-state index contributed by atoms with van der Waals surface area (Å²) < 4.78 is 5.42. The molecule has 1 saturated heterocycles. The zero-order chi connectivity index (χ0) is 20.5. The maximum absolute atomic E-state index is 10.8. The minimum Gasteiger partial charge on any atom is -0.388 e. The molecule has 0 radical (unpaired) electrons. The molecule has 1 aliphatic heterocycles. The third kappa shape index (κ3) is 6.41. The molecule has 0 bridgehead atoms. The van der Waals surface area contributed by atoms with Crippen LogP contribution in [0.15, 0.2) is 48.5 Å². The molecule has 0 spiro atoms. The van der Waals surface area contributed by atoms with E-state index in [0.29, 0.717) is 18.0 Å². The molecule has 4 nitrogen and oxygen atoms in total. The van der Waals surface area contributed by atoms with Crippen LogP contribution >= 0.6 is 0 Å². The second-order valence-electron chi connectivity index (χ2n) is 8.11. The van der Waals surface area contributed by atoms with Crippen molar-refractivity contribution in [1.29, 1.82) is 0 Å². The smallest absolute Gasteiger partial charge is 0.150 e. The summed E-state index contributed by atoms with van der Waals surface area (Å²) >= 11 is 0. The normalized spacial score (nSPS) is 21.9. The molecule has 0 amide bonds. The van der Waals surface area contributed by atoms with Gasteiger partial charge < -0.3 is 15.4 Å². The number of aldehydes is 1. The van der Waals surface area contributed by atoms with Crippen LogP contribution in [0.1, 0.15) is 59.5 Å². The number of hydrogen-bond donors (Lipinski definition) is 2. The van der Waals surface area contributed by atoms with Gasteiger partial charge in [-0.1, -0.05) is 30.3 Å². The molecule has 156 valence electrons. The predicted octanol–water partition coefficient (Wildman–Crippen LogP) is 4.94. The topological polar surface area (TPSA) is 50.4 Å². The maximum atomic E-state index is 10.8. The van der Waals surface area contributed by atoms with Gasteiger partial charge in [-0.2, -0.15) is 0 Å². The van der Waals surface area contributed by atoms with Gasteiger partial charge in [-0.25, -0.2) is 0 Å². The van der Waals surface area contributed by atoms with Gasteiger partial charge in [-0.3, -0.25) is 4.79 Å². The number of carbonyl (C=O) groups is 1. The second-order valence-corrected chi connectivity index (χ2v) is 8.11. The van der Waals surface area contributed by atoms with Crippen molar-refractivity contribution in [1.82, 2.24) is 5.32 Å². The van der Waals surface area contributed by atoms with Gasteiger partial charge in [0.1, 0.15) is 6.29 Å². The molecule has 29 heavy (non-hydrogen) atoms. The van der Waals surface area contributed by atoms with E-state index in [-0.39, 0.29) is 0 Å². The summed E-state index contributed by atoms with van der Waals surface area (Å²) in [5, 5.41) is 6.85. The number of hydrogen-bond acceptors (Lipinski definition) is 4. The number of para-hydroxylation sites is 1. The molecule has 0 aromatic heterocycles. The van der Waals surface area contributed by atoms with Crippen molar-refractivity contribution in [3.8, 4) is 0 Å². The Kier molecular flexibility index (Phi) is 8.26. The largest absolute Gasteiger partial charge is 0.388 e. The Balaban J connectivity index is 0.000000252. The first-order valence-electron chi connectivity index (χ1n) is 10.8. The first kappa shape index (κ1) is 21.5. The van der Waals surface area contributed by atoms with Crippen molar-refractivity contribution in [2.24, 2.45) is 0 Å². The van der Waals surface area contributed by atoms with Gasteiger partial charge in [-0.05, 0) is 74.3 Å². The Hall–Kier alpha value is -2.17. The fraction of sp³-hybridized carbons (Fsp3) is 0.480. The molecule has 1 aliphatic carbocycles. The summed E-state index contributed by atoms with van der Waals surface area (Å²) in [4.78, 5) is 10.8. The summed E-state index contributed by atoms with van der Waals surface area (Å²) in [6, 6.07) is 17.5. The quantitative estimate of drug-likeness (QED) is 0.705. The fourth-order valence-electron chi connectivity index (χ4n) is 4.45. The Bertz CT molecular complexity index is 757. The standard InChI is InChI=1S/C18H25NO2.C7H9N/c1-13-10-14(12-20)2-5-18(13)15-3-4-17(11-15)19-16-6-8-21-9-7-16;1-8-7-5-3-2-4-6-7/h2,5,10,12,15-17,19H,3-4,6-9,11H2,1H3;2-6,8H,1H3. The van der Waals surface area contributed by atoms with E-state index < -0.39 is 0 Å². The molecule has 2 aromatic rings. The first-order chi connectivity index (χ1) is 14.2. The van der Waals surface area contributed by atoms with Gasteiger partial charge >= 0.3 is 0 Å². The van der Waals surface area contributed by atoms with Gasteiger partial charge in [0.15, 0.2) is 0 Å². The fourth-order valence-corrected chi connectivity index (χ4v) is 4.45. The highest BCUT2D eigenvalue weighted by molar-refractivity contribution is 5.75. The summed E-state index contributed by atoms with van der Waals surface area (Å²) in [7, 11) is 1.91. The van der Waals surface area contributed by atoms with E-state index in [1.165, 1.54) is 30.4 Å². The zero-order valence-corrected chi connectivity index (χ0v) is 17.7. The van der Waals surface area contributed by atoms with Gasteiger partial charge in [0, 0.05) is 43.6 Å². The van der Waals surface area contributed by atoms with Gasteiger partial charge in [-0.15, -0.1) is 0 Å². The van der Waals surface area contributed by atoms with Crippen molar-refractivity contribution >= 4 is 12.0 Å². The summed E-state index contributed by atoms with van der Waals surface area (Å²) in [5.74, 6) is 0.642. The number of nitrogens with one attached hydrogen (secondary N) is 2. The number of rotatable bonds is 5. The Morgan fingerprint density at radius 3 is 2.34 bits per heavy atom. The lowest BCUT2D eigenvalue weighted by Gasteiger charge is -2.26. The molecule has 2 atom stereocenters. The highest BCUT2D eigenvalue weighted by atomic mass is 16.5. The molecular formula is C25H34N2O2. The van der Waals surface area contributed by atoms with E-state index in [1.807, 2.05) is 49.5 Å². The van der Waals surface area contributed by atoms with Gasteiger partial charge in [0.05, 0.1) is 0 Å². The summed E-state index contributed by atoms with van der Waals surface area (Å²) in [5.41, 5.74) is 4.63. The molecule has 2 unspecified atom stereocenters. The first-order valence-corrected chi connectivity index (χ1v) is 10.8. The number of anilines is 1. The number of aryl methyl sites for hydroxylation is 1. The molecule has 1 saturated carbocycles. The number of benzene rings is 2. The zero-order valence-electron chi connectivity index (χ0n) is 17.7. The van der Waals surface area contributed by atoms with Crippen molar-refractivity contribution in [2.75, 3.05) is 25.6 Å². The number of carbonyl (C=O) groups excluding carboxylic acids is 1. The lowest BCUT2D eigenvalue weighted by atomic mass is 9.92. The van der Waals surface area contributed by atoms with E-state index in [9.17, 15) is 4.79 Å². The molecule has 4 rings (SSSR count). The van der Waals surface area contributed by atoms with Crippen molar-refractivity contribution in [2.45, 2.75) is 57.0 Å². The van der Waals surface area contributed by atoms with Crippen LogP contribution in [-0.4, -0.2) is 38.6 Å². The minimum absolute atomic E-state index is 0.640. The van der Waals surface area contributed by atoms with Gasteiger partial charge in [0.25, 0.3) is 0 Å². The van der Waals surface area contributed by atoms with Gasteiger partial charge in [0.2, 0.25) is 0 Å². The van der Waals surface area contributed by atoms with E-state index in [1.54, 1.807) is 0 Å².